The molecule has 0 fully saturated rings. The average molecular weight is 592 g/mol. The Hall–Kier alpha value is -5.90. The Morgan fingerprint density at radius 3 is 1.57 bits per heavy atom. The van der Waals surface area contributed by atoms with E-state index in [1.54, 1.807) is 0 Å². The molecule has 0 saturated heterocycles. The molecule has 3 heteroatoms. The lowest BCUT2D eigenvalue weighted by atomic mass is 10.00. The maximum atomic E-state index is 4.50. The van der Waals surface area contributed by atoms with E-state index >= 15 is 0 Å². The molecule has 7 aromatic carbocycles. The Labute approximate surface area is 268 Å². The Morgan fingerprint density at radius 2 is 0.848 bits per heavy atom. The Morgan fingerprint density at radius 1 is 0.348 bits per heavy atom. The van der Waals surface area contributed by atoms with Crippen LogP contribution >= 0.6 is 0 Å². The van der Waals surface area contributed by atoms with Crippen LogP contribution in [0.2, 0.25) is 0 Å². The van der Waals surface area contributed by atoms with Gasteiger partial charge in [0, 0.05) is 38.5 Å². The zero-order valence-electron chi connectivity index (χ0n) is 25.6. The highest BCUT2D eigenvalue weighted by Gasteiger charge is 2.18. The molecule has 0 saturated carbocycles. The maximum absolute atomic E-state index is 4.50. The summed E-state index contributed by atoms with van der Waals surface area (Å²) in [6.45, 7) is 0. The molecule has 0 unspecified atom stereocenters. The van der Waals surface area contributed by atoms with Gasteiger partial charge in [0.25, 0.3) is 0 Å². The molecule has 0 bridgehead atoms. The van der Waals surface area contributed by atoms with Crippen LogP contribution in [0.5, 0.6) is 0 Å². The molecule has 9 rings (SSSR count). The molecule has 2 N–H and O–H groups in total. The number of para-hydroxylation sites is 4. The molecule has 3 nitrogen and oxygen atoms in total. The molecule has 2 aromatic heterocycles. The first-order valence-corrected chi connectivity index (χ1v) is 15.7. The highest BCUT2D eigenvalue weighted by atomic mass is 15.0. The highest BCUT2D eigenvalue weighted by molar-refractivity contribution is 6.15. The van der Waals surface area contributed by atoms with Crippen LogP contribution in [0.15, 0.2) is 170 Å². The van der Waals surface area contributed by atoms with Crippen molar-refractivity contribution in [3.63, 3.8) is 0 Å². The Bertz CT molecular complexity index is 2470. The maximum Gasteiger partial charge on any atom is 0.0619 e. The minimum Gasteiger partial charge on any atom is -0.333 e. The molecule has 0 aliphatic heterocycles. The predicted octanol–water partition coefficient (Wildman–Crippen LogP) is 10.8. The SMILES string of the molecule is CN.c1ccc(-c2ccc(-n3c4ccccc4c4cc(-c5cccc6c7ccccc7n(-c7ccccc7)c56)ccc43)cc2)cc1. The van der Waals surface area contributed by atoms with Crippen LogP contribution in [-0.4, -0.2) is 16.2 Å². The summed E-state index contributed by atoms with van der Waals surface area (Å²) in [7, 11) is 1.50. The Kier molecular flexibility index (Phi) is 6.94. The van der Waals surface area contributed by atoms with Crippen molar-refractivity contribution in [1.82, 2.24) is 9.13 Å². The van der Waals surface area contributed by atoms with Gasteiger partial charge in [-0.25, -0.2) is 0 Å². The second kappa shape index (κ2) is 11.6. The fourth-order valence-electron chi connectivity index (χ4n) is 6.95. The van der Waals surface area contributed by atoms with Gasteiger partial charge in [0.05, 0.1) is 22.1 Å². The van der Waals surface area contributed by atoms with Crippen molar-refractivity contribution in [2.24, 2.45) is 5.73 Å². The number of hydrogen-bond acceptors (Lipinski definition) is 1. The van der Waals surface area contributed by atoms with Crippen molar-refractivity contribution in [1.29, 1.82) is 0 Å². The molecule has 220 valence electrons. The van der Waals surface area contributed by atoms with Gasteiger partial charge in [-0.15, -0.1) is 0 Å². The third-order valence-electron chi connectivity index (χ3n) is 8.93. The largest absolute Gasteiger partial charge is 0.333 e. The van der Waals surface area contributed by atoms with E-state index in [1.807, 2.05) is 0 Å². The van der Waals surface area contributed by atoms with Crippen molar-refractivity contribution in [2.45, 2.75) is 0 Å². The molecule has 0 amide bonds. The summed E-state index contributed by atoms with van der Waals surface area (Å²) in [5, 5.41) is 5.05. The van der Waals surface area contributed by atoms with Gasteiger partial charge in [0.15, 0.2) is 0 Å². The van der Waals surface area contributed by atoms with Gasteiger partial charge in [0.1, 0.15) is 0 Å². The van der Waals surface area contributed by atoms with Crippen molar-refractivity contribution in [3.05, 3.63) is 170 Å². The van der Waals surface area contributed by atoms with Crippen LogP contribution in [0.1, 0.15) is 0 Å². The second-order valence-electron chi connectivity index (χ2n) is 11.4. The van der Waals surface area contributed by atoms with Crippen molar-refractivity contribution < 1.29 is 0 Å². The van der Waals surface area contributed by atoms with E-state index in [9.17, 15) is 0 Å². The van der Waals surface area contributed by atoms with Crippen LogP contribution in [0.4, 0.5) is 0 Å². The first-order chi connectivity index (χ1) is 22.8. The predicted molar refractivity (Wildman–Crippen MR) is 196 cm³/mol. The number of nitrogens with two attached hydrogens (primary N) is 1. The van der Waals surface area contributed by atoms with Crippen molar-refractivity contribution in [2.75, 3.05) is 7.05 Å². The zero-order chi connectivity index (χ0) is 31.0. The van der Waals surface area contributed by atoms with Crippen LogP contribution in [0.3, 0.4) is 0 Å². The zero-order valence-corrected chi connectivity index (χ0v) is 25.6. The third kappa shape index (κ3) is 4.41. The highest BCUT2D eigenvalue weighted by Crippen LogP contribution is 2.40. The third-order valence-corrected chi connectivity index (χ3v) is 8.93. The molecular formula is C43H33N3. The quantitative estimate of drug-likeness (QED) is 0.217. The van der Waals surface area contributed by atoms with Crippen LogP contribution in [-0.2, 0) is 0 Å². The first-order valence-electron chi connectivity index (χ1n) is 15.7. The smallest absolute Gasteiger partial charge is 0.0619 e. The standard InChI is InChI=1S/C42H28N2.CH5N/c1-3-12-29(13-4-1)30-22-25-33(26-23-30)43-39-20-9-8-17-36(39)38-28-31(24-27-41(38)43)34-18-11-19-37-35-16-7-10-21-40(35)44(42(34)37)32-14-5-2-6-15-32;1-2/h1-28H;2H2,1H3. The second-order valence-corrected chi connectivity index (χ2v) is 11.4. The van der Waals surface area contributed by atoms with E-state index < -0.39 is 0 Å². The van der Waals surface area contributed by atoms with E-state index in [2.05, 4.69) is 185 Å². The number of nitrogens with zero attached hydrogens (tertiary/aromatic N) is 2. The lowest BCUT2D eigenvalue weighted by molar-refractivity contribution is 1.18. The summed E-state index contributed by atoms with van der Waals surface area (Å²) in [5.74, 6) is 0. The molecule has 0 spiro atoms. The van der Waals surface area contributed by atoms with Gasteiger partial charge in [-0.2, -0.15) is 0 Å². The monoisotopic (exact) mass is 591 g/mol. The number of hydrogen-bond donors (Lipinski definition) is 1. The van der Waals surface area contributed by atoms with Crippen molar-refractivity contribution in [3.8, 4) is 33.6 Å². The topological polar surface area (TPSA) is 35.9 Å². The average Bonchev–Trinajstić information content (AvgIpc) is 3.66. The summed E-state index contributed by atoms with van der Waals surface area (Å²) in [6.07, 6.45) is 0. The summed E-state index contributed by atoms with van der Waals surface area (Å²) >= 11 is 0. The minimum atomic E-state index is 1.16. The fourth-order valence-corrected chi connectivity index (χ4v) is 6.95. The molecule has 2 heterocycles. The van der Waals surface area contributed by atoms with E-state index in [4.69, 9.17) is 0 Å². The Balaban J connectivity index is 0.00000153. The van der Waals surface area contributed by atoms with Crippen molar-refractivity contribution >= 4 is 43.6 Å². The number of benzene rings is 7. The van der Waals surface area contributed by atoms with Crippen LogP contribution in [0, 0.1) is 0 Å². The molecule has 0 atom stereocenters. The van der Waals surface area contributed by atoms with Gasteiger partial charge >= 0.3 is 0 Å². The van der Waals surface area contributed by atoms with Gasteiger partial charge in [-0.05, 0) is 72.3 Å². The molecular weight excluding hydrogens is 558 g/mol. The van der Waals surface area contributed by atoms with Gasteiger partial charge in [-0.1, -0.05) is 121 Å². The lowest BCUT2D eigenvalue weighted by Gasteiger charge is -2.12. The molecule has 46 heavy (non-hydrogen) atoms. The van der Waals surface area contributed by atoms with E-state index in [0.717, 1.165) is 5.69 Å². The fraction of sp³-hybridized carbons (Fsp3) is 0.0233. The van der Waals surface area contributed by atoms with E-state index in [0.29, 0.717) is 0 Å². The van der Waals surface area contributed by atoms with E-state index in [1.165, 1.54) is 78.6 Å². The van der Waals surface area contributed by atoms with Gasteiger partial charge in [0.2, 0.25) is 0 Å². The molecule has 9 aromatic rings. The number of rotatable bonds is 4. The molecule has 0 aliphatic rings. The minimum absolute atomic E-state index is 1.16. The molecule has 0 aliphatic carbocycles. The number of fused-ring (bicyclic) bond motifs is 6. The molecule has 0 radical (unpaired) electrons. The lowest BCUT2D eigenvalue weighted by Crippen LogP contribution is -1.95. The summed E-state index contributed by atoms with van der Waals surface area (Å²) < 4.78 is 4.81. The van der Waals surface area contributed by atoms with Crippen LogP contribution < -0.4 is 5.73 Å². The first kappa shape index (κ1) is 27.6. The van der Waals surface area contributed by atoms with E-state index in [-0.39, 0.29) is 0 Å². The summed E-state index contributed by atoms with van der Waals surface area (Å²) in [5.41, 5.74) is 16.6. The number of aromatic nitrogens is 2. The van der Waals surface area contributed by atoms with Gasteiger partial charge in [-0.3, -0.25) is 0 Å². The normalized spacial score (nSPS) is 11.3. The van der Waals surface area contributed by atoms with Gasteiger partial charge < -0.3 is 14.9 Å². The summed E-state index contributed by atoms with van der Waals surface area (Å²) in [4.78, 5) is 0. The summed E-state index contributed by atoms with van der Waals surface area (Å²) in [6, 6.07) is 61.4. The van der Waals surface area contributed by atoms with Crippen LogP contribution in [0.25, 0.3) is 77.2 Å².